The molecule has 0 N–H and O–H groups in total. The molecule has 6 heteroatoms. The van der Waals surface area contributed by atoms with Crippen LogP contribution >= 0.6 is 22.9 Å². The SMILES string of the molecule is Cc1cc(OCc2csc(C(=O)N3CCN4CCCC4C3)c2)ccc1Cl. The van der Waals surface area contributed by atoms with Crippen molar-refractivity contribution in [3.05, 3.63) is 50.7 Å². The Hall–Kier alpha value is -1.56. The van der Waals surface area contributed by atoms with Gasteiger partial charge in [0.05, 0.1) is 4.88 Å². The number of benzene rings is 1. The van der Waals surface area contributed by atoms with E-state index in [2.05, 4.69) is 4.90 Å². The summed E-state index contributed by atoms with van der Waals surface area (Å²) < 4.78 is 5.84. The molecule has 2 fully saturated rings. The fourth-order valence-corrected chi connectivity index (χ4v) is 4.75. The van der Waals surface area contributed by atoms with E-state index in [4.69, 9.17) is 16.3 Å². The zero-order valence-electron chi connectivity index (χ0n) is 14.9. The number of amides is 1. The first-order chi connectivity index (χ1) is 12.6. The van der Waals surface area contributed by atoms with Crippen molar-refractivity contribution < 1.29 is 9.53 Å². The predicted molar refractivity (Wildman–Crippen MR) is 105 cm³/mol. The largest absolute Gasteiger partial charge is 0.489 e. The number of carbonyl (C=O) groups is 1. The highest BCUT2D eigenvalue weighted by molar-refractivity contribution is 7.12. The molecule has 0 aliphatic carbocycles. The summed E-state index contributed by atoms with van der Waals surface area (Å²) in [5.74, 6) is 0.957. The normalized spacial score (nSPS) is 20.2. The van der Waals surface area contributed by atoms with E-state index in [-0.39, 0.29) is 5.91 Å². The summed E-state index contributed by atoms with van der Waals surface area (Å²) in [6, 6.07) is 8.17. The number of halogens is 1. The van der Waals surface area contributed by atoms with E-state index in [1.54, 1.807) is 0 Å². The van der Waals surface area contributed by atoms with Gasteiger partial charge < -0.3 is 9.64 Å². The van der Waals surface area contributed by atoms with Crippen LogP contribution in [0.1, 0.15) is 33.6 Å². The molecule has 1 amide bonds. The Kier molecular flexibility index (Phi) is 5.20. The summed E-state index contributed by atoms with van der Waals surface area (Å²) >= 11 is 7.56. The van der Waals surface area contributed by atoms with Gasteiger partial charge in [-0.25, -0.2) is 0 Å². The van der Waals surface area contributed by atoms with Gasteiger partial charge in [-0.3, -0.25) is 9.69 Å². The van der Waals surface area contributed by atoms with Crippen molar-refractivity contribution in [3.8, 4) is 5.75 Å². The van der Waals surface area contributed by atoms with Gasteiger partial charge in [0.25, 0.3) is 5.91 Å². The minimum Gasteiger partial charge on any atom is -0.489 e. The van der Waals surface area contributed by atoms with Gasteiger partial charge in [0.1, 0.15) is 12.4 Å². The van der Waals surface area contributed by atoms with Crippen LogP contribution in [0.2, 0.25) is 5.02 Å². The Bertz CT molecular complexity index is 807. The van der Waals surface area contributed by atoms with Crippen LogP contribution in [-0.4, -0.2) is 47.9 Å². The van der Waals surface area contributed by atoms with E-state index in [0.717, 1.165) is 46.4 Å². The second-order valence-corrected chi connectivity index (χ2v) is 8.42. The average Bonchev–Trinajstić information content (AvgIpc) is 3.30. The maximum Gasteiger partial charge on any atom is 0.264 e. The predicted octanol–water partition coefficient (Wildman–Crippen LogP) is 4.21. The number of aryl methyl sites for hydroxylation is 1. The van der Waals surface area contributed by atoms with E-state index in [0.29, 0.717) is 12.6 Å². The molecular formula is C20H23ClN2O2S. The molecule has 1 atom stereocenters. The Labute approximate surface area is 163 Å². The van der Waals surface area contributed by atoms with Gasteiger partial charge in [-0.15, -0.1) is 11.3 Å². The molecule has 26 heavy (non-hydrogen) atoms. The van der Waals surface area contributed by atoms with E-state index in [9.17, 15) is 4.79 Å². The van der Waals surface area contributed by atoms with Gasteiger partial charge in [-0.1, -0.05) is 11.6 Å². The lowest BCUT2D eigenvalue weighted by molar-refractivity contribution is 0.0576. The number of thiophene rings is 1. The Morgan fingerprint density at radius 2 is 2.19 bits per heavy atom. The minimum atomic E-state index is 0.162. The third-order valence-electron chi connectivity index (χ3n) is 5.27. The lowest BCUT2D eigenvalue weighted by atomic mass is 10.1. The molecule has 4 nitrogen and oxygen atoms in total. The number of ether oxygens (including phenoxy) is 1. The minimum absolute atomic E-state index is 0.162. The molecule has 0 saturated carbocycles. The van der Waals surface area contributed by atoms with Crippen LogP contribution < -0.4 is 4.74 Å². The maximum atomic E-state index is 12.8. The maximum absolute atomic E-state index is 12.8. The Morgan fingerprint density at radius 1 is 1.31 bits per heavy atom. The monoisotopic (exact) mass is 390 g/mol. The fraction of sp³-hybridized carbons (Fsp3) is 0.450. The fourth-order valence-electron chi connectivity index (χ4n) is 3.77. The van der Waals surface area contributed by atoms with Crippen molar-refractivity contribution in [1.29, 1.82) is 0 Å². The van der Waals surface area contributed by atoms with Crippen LogP contribution in [0.4, 0.5) is 0 Å². The number of piperazine rings is 1. The molecule has 138 valence electrons. The van der Waals surface area contributed by atoms with Gasteiger partial charge in [-0.2, -0.15) is 0 Å². The second kappa shape index (κ2) is 7.59. The van der Waals surface area contributed by atoms with Crippen LogP contribution in [0.25, 0.3) is 0 Å². The lowest BCUT2D eigenvalue weighted by Gasteiger charge is -2.37. The number of hydrogen-bond donors (Lipinski definition) is 0. The van der Waals surface area contributed by atoms with Crippen molar-refractivity contribution >= 4 is 28.8 Å². The first-order valence-corrected chi connectivity index (χ1v) is 10.4. The highest BCUT2D eigenvalue weighted by atomic mass is 35.5. The van der Waals surface area contributed by atoms with E-state index in [1.807, 2.05) is 41.5 Å². The molecule has 0 spiro atoms. The molecular weight excluding hydrogens is 368 g/mol. The summed E-state index contributed by atoms with van der Waals surface area (Å²) in [4.78, 5) is 18.2. The number of carbonyl (C=O) groups excluding carboxylic acids is 1. The summed E-state index contributed by atoms with van der Waals surface area (Å²) in [6.07, 6.45) is 2.48. The summed E-state index contributed by atoms with van der Waals surface area (Å²) in [5.41, 5.74) is 2.03. The zero-order valence-corrected chi connectivity index (χ0v) is 16.5. The summed E-state index contributed by atoms with van der Waals surface area (Å²) in [7, 11) is 0. The molecule has 1 aromatic carbocycles. The standard InChI is InChI=1S/C20H23ClN2O2S/c1-14-9-17(4-5-18(14)21)25-12-15-10-19(26-13-15)20(24)23-8-7-22-6-2-3-16(22)11-23/h4-5,9-10,13,16H,2-3,6-8,11-12H2,1H3. The van der Waals surface area contributed by atoms with Gasteiger partial charge in [0.2, 0.25) is 0 Å². The van der Waals surface area contributed by atoms with Gasteiger partial charge >= 0.3 is 0 Å². The average molecular weight is 391 g/mol. The van der Waals surface area contributed by atoms with Crippen molar-refractivity contribution in [1.82, 2.24) is 9.80 Å². The van der Waals surface area contributed by atoms with Gasteiger partial charge in [0, 0.05) is 36.3 Å². The highest BCUT2D eigenvalue weighted by Gasteiger charge is 2.33. The third kappa shape index (κ3) is 3.75. The topological polar surface area (TPSA) is 32.8 Å². The van der Waals surface area contributed by atoms with Crippen molar-refractivity contribution in [2.24, 2.45) is 0 Å². The molecule has 3 heterocycles. The highest BCUT2D eigenvalue weighted by Crippen LogP contribution is 2.25. The van der Waals surface area contributed by atoms with Crippen molar-refractivity contribution in [2.45, 2.75) is 32.4 Å². The lowest BCUT2D eigenvalue weighted by Crippen LogP contribution is -2.51. The first kappa shape index (κ1) is 17.8. The molecule has 2 aliphatic rings. The van der Waals surface area contributed by atoms with Crippen molar-refractivity contribution in [3.63, 3.8) is 0 Å². The molecule has 2 saturated heterocycles. The Balaban J connectivity index is 1.36. The van der Waals surface area contributed by atoms with Crippen LogP contribution in [0.15, 0.2) is 29.6 Å². The summed E-state index contributed by atoms with van der Waals surface area (Å²) in [5, 5.41) is 2.75. The van der Waals surface area contributed by atoms with Gasteiger partial charge in [0.15, 0.2) is 0 Å². The quantitative estimate of drug-likeness (QED) is 0.784. The number of fused-ring (bicyclic) bond motifs is 1. The first-order valence-electron chi connectivity index (χ1n) is 9.10. The third-order valence-corrected chi connectivity index (χ3v) is 6.67. The van der Waals surface area contributed by atoms with E-state index in [1.165, 1.54) is 30.7 Å². The van der Waals surface area contributed by atoms with Gasteiger partial charge in [-0.05, 0) is 61.5 Å². The number of nitrogens with zero attached hydrogens (tertiary/aromatic N) is 2. The zero-order chi connectivity index (χ0) is 18.1. The number of rotatable bonds is 4. The molecule has 1 unspecified atom stereocenters. The van der Waals surface area contributed by atoms with E-state index >= 15 is 0 Å². The molecule has 0 bridgehead atoms. The summed E-state index contributed by atoms with van der Waals surface area (Å²) in [6.45, 7) is 6.32. The molecule has 4 rings (SSSR count). The van der Waals surface area contributed by atoms with Crippen LogP contribution in [-0.2, 0) is 6.61 Å². The van der Waals surface area contributed by atoms with Crippen LogP contribution in [0.5, 0.6) is 5.75 Å². The molecule has 2 aromatic rings. The Morgan fingerprint density at radius 3 is 3.04 bits per heavy atom. The van der Waals surface area contributed by atoms with Crippen molar-refractivity contribution in [2.75, 3.05) is 26.2 Å². The molecule has 1 aromatic heterocycles. The van der Waals surface area contributed by atoms with E-state index < -0.39 is 0 Å². The van der Waals surface area contributed by atoms with Crippen LogP contribution in [0.3, 0.4) is 0 Å². The number of hydrogen-bond acceptors (Lipinski definition) is 4. The molecule has 2 aliphatic heterocycles. The molecule has 0 radical (unpaired) electrons. The second-order valence-electron chi connectivity index (χ2n) is 7.10. The van der Waals surface area contributed by atoms with Crippen LogP contribution in [0, 0.1) is 6.92 Å². The smallest absolute Gasteiger partial charge is 0.264 e.